The molecule has 1 aliphatic rings. The molecular weight excluding hydrogens is 407 g/mol. The van der Waals surface area contributed by atoms with Crippen molar-refractivity contribution in [2.75, 3.05) is 11.9 Å². The Morgan fingerprint density at radius 1 is 0.964 bits per heavy atom. The first-order valence-corrected chi connectivity index (χ1v) is 8.68. The largest absolute Gasteiger partial charge is 0.506 e. The highest BCUT2D eigenvalue weighted by atomic mass is 35.5. The van der Waals surface area contributed by atoms with Gasteiger partial charge in [-0.05, 0) is 36.4 Å². The number of nitrogens with one attached hydrogen (secondary N) is 1. The fourth-order valence-electron chi connectivity index (χ4n) is 2.53. The van der Waals surface area contributed by atoms with Crippen molar-refractivity contribution < 1.29 is 25.2 Å². The number of halogens is 2. The minimum atomic E-state index is -0.595. The van der Waals surface area contributed by atoms with Crippen LogP contribution in [0.1, 0.15) is 0 Å². The summed E-state index contributed by atoms with van der Waals surface area (Å²) in [4.78, 5) is 16.6. The van der Waals surface area contributed by atoms with Crippen LogP contribution in [0.3, 0.4) is 0 Å². The summed E-state index contributed by atoms with van der Waals surface area (Å²) in [5.74, 6) is -1.25. The van der Waals surface area contributed by atoms with Gasteiger partial charge < -0.3 is 25.7 Å². The summed E-state index contributed by atoms with van der Waals surface area (Å²) in [6.45, 7) is -0.595. The highest BCUT2D eigenvalue weighted by Gasteiger charge is 2.27. The maximum Gasteiger partial charge on any atom is 0.206 e. The summed E-state index contributed by atoms with van der Waals surface area (Å²) in [5, 5.41) is 42.0. The standard InChI is InChI=1S/C19H14Cl2N2O5/c20-12-5-9(1-3-14(12)25)22-18-11(8-24)19(17(28)7-16(18)27)23-10-2-4-15(26)13(21)6-10/h1-7,22,24-26,28H,8H2/b23-19+. The molecule has 0 aromatic heterocycles. The van der Waals surface area contributed by atoms with Crippen molar-refractivity contribution in [2.45, 2.75) is 0 Å². The summed E-state index contributed by atoms with van der Waals surface area (Å²) in [6.07, 6.45) is 0.963. The Morgan fingerprint density at radius 3 is 2.21 bits per heavy atom. The first-order chi connectivity index (χ1) is 13.3. The molecule has 0 heterocycles. The Hall–Kier alpha value is -3.00. The van der Waals surface area contributed by atoms with Crippen molar-refractivity contribution in [3.05, 3.63) is 69.5 Å². The van der Waals surface area contributed by atoms with Crippen LogP contribution in [0, 0.1) is 0 Å². The van der Waals surface area contributed by atoms with Gasteiger partial charge in [-0.25, -0.2) is 4.99 Å². The Bertz CT molecular complexity index is 1060. The molecule has 0 unspecified atom stereocenters. The third-order valence-corrected chi connectivity index (χ3v) is 4.50. The van der Waals surface area contributed by atoms with E-state index in [0.29, 0.717) is 11.4 Å². The highest BCUT2D eigenvalue weighted by molar-refractivity contribution is 6.32. The zero-order valence-corrected chi connectivity index (χ0v) is 15.7. The lowest BCUT2D eigenvalue weighted by atomic mass is 9.97. The van der Waals surface area contributed by atoms with Crippen molar-refractivity contribution >= 4 is 46.1 Å². The molecule has 1 aliphatic carbocycles. The van der Waals surface area contributed by atoms with Gasteiger partial charge in [-0.15, -0.1) is 0 Å². The molecule has 0 fully saturated rings. The first kappa shape index (κ1) is 19.8. The van der Waals surface area contributed by atoms with Gasteiger partial charge in [0.05, 0.1) is 28.0 Å². The fourth-order valence-corrected chi connectivity index (χ4v) is 2.88. The Kier molecular flexibility index (Phi) is 5.60. The summed E-state index contributed by atoms with van der Waals surface area (Å²) >= 11 is 11.7. The molecule has 0 saturated heterocycles. The van der Waals surface area contributed by atoms with E-state index in [1.165, 1.54) is 36.4 Å². The van der Waals surface area contributed by atoms with Crippen LogP contribution in [0.15, 0.2) is 64.5 Å². The maximum atomic E-state index is 12.4. The maximum absolute atomic E-state index is 12.4. The lowest BCUT2D eigenvalue weighted by Gasteiger charge is -2.20. The van der Waals surface area contributed by atoms with Crippen LogP contribution >= 0.6 is 23.2 Å². The van der Waals surface area contributed by atoms with E-state index in [9.17, 15) is 25.2 Å². The third kappa shape index (κ3) is 3.96. The molecule has 28 heavy (non-hydrogen) atoms. The van der Waals surface area contributed by atoms with E-state index >= 15 is 0 Å². The van der Waals surface area contributed by atoms with E-state index in [0.717, 1.165) is 6.08 Å². The predicted octanol–water partition coefficient (Wildman–Crippen LogP) is 3.86. The number of carbonyl (C=O) groups is 1. The van der Waals surface area contributed by atoms with Gasteiger partial charge >= 0.3 is 0 Å². The lowest BCUT2D eigenvalue weighted by molar-refractivity contribution is -0.111. The number of ketones is 1. The number of anilines is 1. The van der Waals surface area contributed by atoms with E-state index in [-0.39, 0.29) is 38.5 Å². The first-order valence-electron chi connectivity index (χ1n) is 7.92. The van der Waals surface area contributed by atoms with Gasteiger partial charge in [-0.2, -0.15) is 0 Å². The minimum absolute atomic E-state index is 0.00863. The number of hydrogen-bond acceptors (Lipinski definition) is 7. The zero-order valence-electron chi connectivity index (χ0n) is 14.1. The Balaban J connectivity index is 2.07. The molecule has 0 atom stereocenters. The van der Waals surface area contributed by atoms with Crippen LogP contribution < -0.4 is 5.32 Å². The van der Waals surface area contributed by atoms with Gasteiger partial charge in [0.15, 0.2) is 0 Å². The molecule has 0 bridgehead atoms. The van der Waals surface area contributed by atoms with Gasteiger partial charge in [0.1, 0.15) is 23.0 Å². The van der Waals surface area contributed by atoms with Crippen LogP contribution in [0.5, 0.6) is 11.5 Å². The molecule has 144 valence electrons. The average Bonchev–Trinajstić information content (AvgIpc) is 2.65. The Labute approximate surface area is 169 Å². The van der Waals surface area contributed by atoms with Crippen molar-refractivity contribution in [2.24, 2.45) is 4.99 Å². The number of allylic oxidation sites excluding steroid dienone is 2. The fraction of sp³-hybridized carbons (Fsp3) is 0.0526. The van der Waals surface area contributed by atoms with Gasteiger partial charge in [0.25, 0.3) is 0 Å². The van der Waals surface area contributed by atoms with Crippen molar-refractivity contribution in [3.8, 4) is 11.5 Å². The van der Waals surface area contributed by atoms with Crippen LogP contribution in [-0.2, 0) is 4.79 Å². The molecule has 0 spiro atoms. The van der Waals surface area contributed by atoms with E-state index in [1.807, 2.05) is 0 Å². The van der Waals surface area contributed by atoms with E-state index < -0.39 is 18.1 Å². The molecule has 2 aromatic rings. The number of aliphatic hydroxyl groups excluding tert-OH is 2. The van der Waals surface area contributed by atoms with Crippen molar-refractivity contribution in [1.29, 1.82) is 0 Å². The van der Waals surface area contributed by atoms with E-state index in [2.05, 4.69) is 10.3 Å². The summed E-state index contributed by atoms with van der Waals surface area (Å²) in [5.41, 5.74) is 0.698. The molecule has 0 aliphatic heterocycles. The highest BCUT2D eigenvalue weighted by Crippen LogP contribution is 2.31. The smallest absolute Gasteiger partial charge is 0.206 e. The second-order valence-corrected chi connectivity index (χ2v) is 6.61. The van der Waals surface area contributed by atoms with E-state index in [1.54, 1.807) is 0 Å². The molecule has 0 radical (unpaired) electrons. The zero-order chi connectivity index (χ0) is 20.4. The third-order valence-electron chi connectivity index (χ3n) is 3.89. The molecule has 9 heteroatoms. The molecule has 0 saturated carbocycles. The normalized spacial score (nSPS) is 15.8. The number of aromatic hydroxyl groups is 2. The number of carbonyl (C=O) groups excluding carboxylic acids is 1. The summed E-state index contributed by atoms with van der Waals surface area (Å²) < 4.78 is 0. The topological polar surface area (TPSA) is 122 Å². The quantitative estimate of drug-likeness (QED) is 0.378. The molecule has 2 aromatic carbocycles. The number of hydrogen-bond donors (Lipinski definition) is 5. The minimum Gasteiger partial charge on any atom is -0.506 e. The van der Waals surface area contributed by atoms with Crippen LogP contribution in [0.4, 0.5) is 11.4 Å². The number of nitrogens with zero attached hydrogens (tertiary/aromatic N) is 1. The number of benzene rings is 2. The number of aliphatic imine (C=N–C) groups is 1. The molecule has 7 nitrogen and oxygen atoms in total. The summed E-state index contributed by atoms with van der Waals surface area (Å²) in [6, 6.07) is 8.40. The second-order valence-electron chi connectivity index (χ2n) is 5.79. The number of phenols is 2. The van der Waals surface area contributed by atoms with Crippen LogP contribution in [0.2, 0.25) is 10.0 Å². The predicted molar refractivity (Wildman–Crippen MR) is 107 cm³/mol. The summed E-state index contributed by atoms with van der Waals surface area (Å²) in [7, 11) is 0. The SMILES string of the molecule is O=C1C=C(O)/C(=N/c2ccc(O)c(Cl)c2)C(CO)=C1Nc1ccc(O)c(Cl)c1. The molecule has 0 amide bonds. The van der Waals surface area contributed by atoms with E-state index in [4.69, 9.17) is 23.2 Å². The van der Waals surface area contributed by atoms with Gasteiger partial charge in [-0.1, -0.05) is 23.2 Å². The second kappa shape index (κ2) is 7.93. The molecule has 3 rings (SSSR count). The number of phenolic OH excluding ortho intramolecular Hbond substituents is 2. The van der Waals surface area contributed by atoms with Gasteiger partial charge in [0, 0.05) is 17.3 Å². The van der Waals surface area contributed by atoms with Crippen molar-refractivity contribution in [3.63, 3.8) is 0 Å². The van der Waals surface area contributed by atoms with Crippen molar-refractivity contribution in [1.82, 2.24) is 0 Å². The van der Waals surface area contributed by atoms with Gasteiger partial charge in [0.2, 0.25) is 5.78 Å². The number of rotatable bonds is 4. The van der Waals surface area contributed by atoms with Crippen LogP contribution in [0.25, 0.3) is 0 Å². The molecule has 5 N–H and O–H groups in total. The van der Waals surface area contributed by atoms with Gasteiger partial charge in [-0.3, -0.25) is 4.79 Å². The van der Waals surface area contributed by atoms with Crippen LogP contribution in [-0.4, -0.2) is 38.5 Å². The number of aliphatic hydroxyl groups is 2. The lowest BCUT2D eigenvalue weighted by Crippen LogP contribution is -2.25. The Morgan fingerprint density at radius 2 is 1.61 bits per heavy atom. The monoisotopic (exact) mass is 420 g/mol. The molecular formula is C19H14Cl2N2O5. The average molecular weight is 421 g/mol.